The smallest absolute Gasteiger partial charge is 0.279 e. The Balaban J connectivity index is 0.000000735. The second kappa shape index (κ2) is 11.1. The zero-order valence-corrected chi connectivity index (χ0v) is 19.5. The van der Waals surface area contributed by atoms with E-state index in [1.807, 2.05) is 32.8 Å². The Kier molecular flexibility index (Phi) is 8.77. The van der Waals surface area contributed by atoms with Crippen molar-refractivity contribution in [2.24, 2.45) is 12.0 Å². The molecule has 10 heteroatoms. The van der Waals surface area contributed by atoms with E-state index in [-0.39, 0.29) is 11.8 Å². The number of aliphatic imine (C=N–C) groups is 1. The van der Waals surface area contributed by atoms with Crippen molar-refractivity contribution in [3.05, 3.63) is 23.1 Å². The van der Waals surface area contributed by atoms with E-state index in [2.05, 4.69) is 43.8 Å². The van der Waals surface area contributed by atoms with Crippen molar-refractivity contribution in [3.63, 3.8) is 0 Å². The van der Waals surface area contributed by atoms with Gasteiger partial charge in [0.15, 0.2) is 22.4 Å². The SMILES string of the molecule is C=CNC(=NC)Sc1nc2c(c(=O)n1C)N(C)C(N1CCNCC1)N2C.CC#CC. The van der Waals surface area contributed by atoms with Gasteiger partial charge in [-0.3, -0.25) is 19.3 Å². The van der Waals surface area contributed by atoms with Gasteiger partial charge < -0.3 is 20.4 Å². The van der Waals surface area contributed by atoms with Crippen LogP contribution in [0.3, 0.4) is 0 Å². The molecule has 3 rings (SSSR count). The number of amidine groups is 1. The zero-order chi connectivity index (χ0) is 22.3. The summed E-state index contributed by atoms with van der Waals surface area (Å²) in [5.74, 6) is 6.07. The van der Waals surface area contributed by atoms with E-state index >= 15 is 0 Å². The molecular formula is C20H32N8OS. The van der Waals surface area contributed by atoms with E-state index in [1.54, 1.807) is 24.9 Å². The Morgan fingerprint density at radius 3 is 2.43 bits per heavy atom. The molecule has 1 fully saturated rings. The van der Waals surface area contributed by atoms with Crippen LogP contribution in [-0.2, 0) is 7.05 Å². The van der Waals surface area contributed by atoms with Gasteiger partial charge in [-0.25, -0.2) is 4.98 Å². The van der Waals surface area contributed by atoms with Crippen LogP contribution in [0.25, 0.3) is 0 Å². The van der Waals surface area contributed by atoms with E-state index in [1.165, 1.54) is 11.8 Å². The molecule has 0 spiro atoms. The molecule has 2 aliphatic heterocycles. The Morgan fingerprint density at radius 1 is 1.27 bits per heavy atom. The highest BCUT2D eigenvalue weighted by atomic mass is 32.2. The van der Waals surface area contributed by atoms with Gasteiger partial charge in [0.05, 0.1) is 0 Å². The summed E-state index contributed by atoms with van der Waals surface area (Å²) >= 11 is 1.31. The summed E-state index contributed by atoms with van der Waals surface area (Å²) in [5, 5.41) is 7.55. The van der Waals surface area contributed by atoms with E-state index in [0.29, 0.717) is 21.8 Å². The third-order valence-corrected chi connectivity index (χ3v) is 5.97. The molecule has 1 saturated heterocycles. The first kappa shape index (κ1) is 23.8. The molecule has 30 heavy (non-hydrogen) atoms. The summed E-state index contributed by atoms with van der Waals surface area (Å²) in [6, 6.07) is 0. The predicted molar refractivity (Wildman–Crippen MR) is 126 cm³/mol. The topological polar surface area (TPSA) is 81.0 Å². The van der Waals surface area contributed by atoms with Crippen molar-refractivity contribution in [2.75, 3.05) is 57.1 Å². The maximum Gasteiger partial charge on any atom is 0.279 e. The van der Waals surface area contributed by atoms with Crippen molar-refractivity contribution in [1.29, 1.82) is 0 Å². The van der Waals surface area contributed by atoms with Gasteiger partial charge in [0, 0.05) is 54.4 Å². The first-order valence-electron chi connectivity index (χ1n) is 9.78. The van der Waals surface area contributed by atoms with Crippen LogP contribution in [0.15, 0.2) is 27.7 Å². The molecule has 164 valence electrons. The highest BCUT2D eigenvalue weighted by Gasteiger charge is 2.39. The monoisotopic (exact) mass is 432 g/mol. The molecule has 1 unspecified atom stereocenters. The third kappa shape index (κ3) is 4.98. The maximum atomic E-state index is 13.0. The number of nitrogens with zero attached hydrogens (tertiary/aromatic N) is 6. The first-order chi connectivity index (χ1) is 14.4. The van der Waals surface area contributed by atoms with Crippen LogP contribution < -0.4 is 26.0 Å². The van der Waals surface area contributed by atoms with Crippen molar-refractivity contribution in [1.82, 2.24) is 25.1 Å². The van der Waals surface area contributed by atoms with Crippen molar-refractivity contribution in [2.45, 2.75) is 25.3 Å². The molecule has 2 aliphatic rings. The van der Waals surface area contributed by atoms with E-state index in [9.17, 15) is 4.79 Å². The number of hydrogen-bond acceptors (Lipinski definition) is 8. The fraction of sp³-hybridized carbons (Fsp3) is 0.550. The van der Waals surface area contributed by atoms with Crippen LogP contribution in [0.4, 0.5) is 11.5 Å². The molecule has 2 N–H and O–H groups in total. The third-order valence-electron chi connectivity index (χ3n) is 4.93. The van der Waals surface area contributed by atoms with Crippen molar-refractivity contribution < 1.29 is 0 Å². The van der Waals surface area contributed by atoms with Crippen LogP contribution in [0.5, 0.6) is 0 Å². The van der Waals surface area contributed by atoms with Crippen molar-refractivity contribution >= 4 is 28.4 Å². The molecule has 9 nitrogen and oxygen atoms in total. The van der Waals surface area contributed by atoms with E-state index < -0.39 is 0 Å². The average molecular weight is 433 g/mol. The number of fused-ring (bicyclic) bond motifs is 1. The fourth-order valence-electron chi connectivity index (χ4n) is 3.41. The molecule has 0 aromatic carbocycles. The van der Waals surface area contributed by atoms with Gasteiger partial charge in [0.1, 0.15) is 5.69 Å². The van der Waals surface area contributed by atoms with Gasteiger partial charge in [-0.15, -0.1) is 11.8 Å². The molecular weight excluding hydrogens is 400 g/mol. The first-order valence-corrected chi connectivity index (χ1v) is 10.6. The van der Waals surface area contributed by atoms with Crippen LogP contribution >= 0.6 is 11.8 Å². The van der Waals surface area contributed by atoms with E-state index in [4.69, 9.17) is 4.98 Å². The van der Waals surface area contributed by atoms with Gasteiger partial charge in [0.2, 0.25) is 0 Å². The predicted octanol–water partition coefficient (Wildman–Crippen LogP) is 0.696. The Labute approximate surface area is 183 Å². The molecule has 0 saturated carbocycles. The summed E-state index contributed by atoms with van der Waals surface area (Å²) in [5.41, 5.74) is 0.577. The lowest BCUT2D eigenvalue weighted by molar-refractivity contribution is 0.175. The normalized spacial score (nSPS) is 18.7. The molecule has 1 atom stereocenters. The lowest BCUT2D eigenvalue weighted by atomic mass is 10.3. The minimum Gasteiger partial charge on any atom is -0.342 e. The van der Waals surface area contributed by atoms with Crippen LogP contribution in [0, 0.1) is 11.8 Å². The van der Waals surface area contributed by atoms with Gasteiger partial charge in [-0.05, 0) is 31.8 Å². The number of piperazine rings is 1. The second-order valence-electron chi connectivity index (χ2n) is 6.76. The summed E-state index contributed by atoms with van der Waals surface area (Å²) in [4.78, 5) is 28.4. The van der Waals surface area contributed by atoms with Crippen molar-refractivity contribution in [3.8, 4) is 11.8 Å². The van der Waals surface area contributed by atoms with Crippen LogP contribution in [0.1, 0.15) is 13.8 Å². The Morgan fingerprint density at radius 2 is 1.90 bits per heavy atom. The van der Waals surface area contributed by atoms with Gasteiger partial charge in [0.25, 0.3) is 5.56 Å². The minimum atomic E-state index is -0.0569. The second-order valence-corrected chi connectivity index (χ2v) is 7.72. The average Bonchev–Trinajstić information content (AvgIpc) is 3.01. The minimum absolute atomic E-state index is 0.00170. The molecule has 0 aliphatic carbocycles. The Bertz CT molecular complexity index is 889. The lowest BCUT2D eigenvalue weighted by Gasteiger charge is -2.39. The van der Waals surface area contributed by atoms with E-state index in [0.717, 1.165) is 26.2 Å². The van der Waals surface area contributed by atoms with Gasteiger partial charge in [-0.2, -0.15) is 0 Å². The molecule has 1 aromatic heterocycles. The maximum absolute atomic E-state index is 13.0. The summed E-state index contributed by atoms with van der Waals surface area (Å²) in [7, 11) is 7.38. The summed E-state index contributed by atoms with van der Waals surface area (Å²) in [6.07, 6.45) is 1.55. The number of thioether (sulfide) groups is 1. The number of anilines is 2. The quantitative estimate of drug-likeness (QED) is 0.238. The molecule has 3 heterocycles. The standard InChI is InChI=1S/C16H26N8OS.C4H6/c1-6-19-14(17-2)26-15-20-12-11(13(25)23(15)5)21(3)16(22(12)4)24-9-7-18-8-10-24;1-3-4-2/h6,16,18H,1,7-10H2,2-5H3,(H,17,19);1-2H3. The number of hydrogen-bond donors (Lipinski definition) is 2. The Hall–Kier alpha value is -2.48. The number of rotatable bonds is 3. The largest absolute Gasteiger partial charge is 0.342 e. The summed E-state index contributed by atoms with van der Waals surface area (Å²) < 4.78 is 1.57. The van der Waals surface area contributed by atoms with Crippen LogP contribution in [0.2, 0.25) is 0 Å². The van der Waals surface area contributed by atoms with Crippen LogP contribution in [-0.4, -0.2) is 73.2 Å². The number of nitrogens with one attached hydrogen (secondary N) is 2. The zero-order valence-electron chi connectivity index (χ0n) is 18.7. The molecule has 0 radical (unpaired) electrons. The van der Waals surface area contributed by atoms with Gasteiger partial charge >= 0.3 is 0 Å². The molecule has 1 aromatic rings. The van der Waals surface area contributed by atoms with Gasteiger partial charge in [-0.1, -0.05) is 6.58 Å². The summed E-state index contributed by atoms with van der Waals surface area (Å²) in [6.45, 7) is 11.1. The highest BCUT2D eigenvalue weighted by Crippen LogP contribution is 2.35. The molecule has 0 amide bonds. The molecule has 0 bridgehead atoms. The fourth-order valence-corrected chi connectivity index (χ4v) is 4.17. The number of aromatic nitrogens is 2. The highest BCUT2D eigenvalue weighted by molar-refractivity contribution is 8.13. The lowest BCUT2D eigenvalue weighted by Crippen LogP contribution is -2.58.